The molecule has 0 aromatic heterocycles. The van der Waals surface area contributed by atoms with Crippen molar-refractivity contribution in [1.29, 1.82) is 0 Å². The number of carbonyl (C=O) groups excluding carboxylic acids is 2. The van der Waals surface area contributed by atoms with E-state index < -0.39 is 20.0 Å². The van der Waals surface area contributed by atoms with Crippen molar-refractivity contribution in [2.45, 2.75) is 91.8 Å². The summed E-state index contributed by atoms with van der Waals surface area (Å²) in [6.45, 7) is 19.0. The molecule has 0 spiro atoms. The number of benzene rings is 2. The van der Waals surface area contributed by atoms with Gasteiger partial charge < -0.3 is 9.16 Å². The summed E-state index contributed by atoms with van der Waals surface area (Å²) < 4.78 is 12.9. The number of carbonyl (C=O) groups is 2. The van der Waals surface area contributed by atoms with Gasteiger partial charge in [0.15, 0.2) is 0 Å². The zero-order valence-corrected chi connectivity index (χ0v) is 25.1. The van der Waals surface area contributed by atoms with Gasteiger partial charge >= 0.3 is 6.09 Å². The van der Waals surface area contributed by atoms with Crippen molar-refractivity contribution in [3.05, 3.63) is 60.7 Å². The normalized spacial score (nSPS) is 19.3. The molecule has 1 aliphatic heterocycles. The van der Waals surface area contributed by atoms with E-state index in [1.165, 1.54) is 15.3 Å². The number of amides is 2. The van der Waals surface area contributed by atoms with E-state index in [1.807, 2.05) is 32.9 Å². The minimum Gasteiger partial charge on any atom is -0.443 e. The van der Waals surface area contributed by atoms with Crippen LogP contribution in [0.25, 0.3) is 0 Å². The predicted molar refractivity (Wildman–Crippen MR) is 153 cm³/mol. The van der Waals surface area contributed by atoms with Crippen molar-refractivity contribution in [2.75, 3.05) is 6.61 Å². The molecular formula is C31H45NO4Si. The number of hydrogen-bond donors (Lipinski definition) is 0. The molecule has 0 unspecified atom stereocenters. The molecule has 1 fully saturated rings. The van der Waals surface area contributed by atoms with Gasteiger partial charge in [0, 0.05) is 6.42 Å². The molecule has 2 aromatic carbocycles. The number of likely N-dealkylation sites (tertiary alicyclic amines) is 1. The molecule has 1 aliphatic rings. The summed E-state index contributed by atoms with van der Waals surface area (Å²) in [6.07, 6.45) is 0.558. The third-order valence-electron chi connectivity index (χ3n) is 6.93. The molecule has 37 heavy (non-hydrogen) atoms. The van der Waals surface area contributed by atoms with Gasteiger partial charge in [0.25, 0.3) is 8.32 Å². The van der Waals surface area contributed by atoms with E-state index in [0.29, 0.717) is 6.42 Å². The van der Waals surface area contributed by atoms with Gasteiger partial charge in [-0.15, -0.1) is 0 Å². The van der Waals surface area contributed by atoms with E-state index >= 15 is 0 Å². The lowest BCUT2D eigenvalue weighted by atomic mass is 9.81. The monoisotopic (exact) mass is 523 g/mol. The lowest BCUT2D eigenvalue weighted by molar-refractivity contribution is -0.128. The van der Waals surface area contributed by atoms with Gasteiger partial charge in [0.2, 0.25) is 5.91 Å². The van der Waals surface area contributed by atoms with Crippen LogP contribution < -0.4 is 10.4 Å². The summed E-state index contributed by atoms with van der Waals surface area (Å²) in [5.74, 6) is -0.183. The first-order valence-electron chi connectivity index (χ1n) is 13.4. The topological polar surface area (TPSA) is 55.8 Å². The fourth-order valence-corrected chi connectivity index (χ4v) is 10.2. The molecule has 202 valence electrons. The molecular weight excluding hydrogens is 478 g/mol. The van der Waals surface area contributed by atoms with Crippen LogP contribution in [0.15, 0.2) is 60.7 Å². The van der Waals surface area contributed by atoms with E-state index in [-0.39, 0.29) is 34.9 Å². The van der Waals surface area contributed by atoms with Gasteiger partial charge in [-0.1, -0.05) is 102 Å². The lowest BCUT2D eigenvalue weighted by Crippen LogP contribution is -2.67. The molecule has 1 heterocycles. The summed E-state index contributed by atoms with van der Waals surface area (Å²) in [5, 5.41) is 2.15. The third-order valence-corrected chi connectivity index (χ3v) is 11.9. The minimum atomic E-state index is -2.83. The largest absolute Gasteiger partial charge is 0.443 e. The summed E-state index contributed by atoms with van der Waals surface area (Å²) in [5.41, 5.74) is -0.687. The van der Waals surface area contributed by atoms with Crippen molar-refractivity contribution >= 4 is 30.7 Å². The summed E-state index contributed by atoms with van der Waals surface area (Å²) in [6, 6.07) is 20.5. The van der Waals surface area contributed by atoms with Crippen molar-refractivity contribution in [3.8, 4) is 0 Å². The molecule has 3 rings (SSSR count). The third kappa shape index (κ3) is 6.71. The highest BCUT2D eigenvalue weighted by Gasteiger charge is 2.53. The minimum absolute atomic E-state index is 0.00164. The smallest absolute Gasteiger partial charge is 0.417 e. The average molecular weight is 524 g/mol. The van der Waals surface area contributed by atoms with E-state index in [1.54, 1.807) is 0 Å². The first kappa shape index (κ1) is 29.1. The molecule has 6 heteroatoms. The second-order valence-electron chi connectivity index (χ2n) is 13.5. The van der Waals surface area contributed by atoms with E-state index in [0.717, 1.165) is 6.42 Å². The molecule has 1 saturated heterocycles. The second kappa shape index (κ2) is 10.7. The summed E-state index contributed by atoms with van der Waals surface area (Å²) in [7, 11) is -2.83. The maximum Gasteiger partial charge on any atom is 0.417 e. The Kier molecular flexibility index (Phi) is 8.45. The molecule has 0 bridgehead atoms. The highest BCUT2D eigenvalue weighted by molar-refractivity contribution is 6.99. The average Bonchev–Trinajstić information content (AvgIpc) is 3.06. The zero-order chi connectivity index (χ0) is 27.6. The van der Waals surface area contributed by atoms with Crippen LogP contribution in [0, 0.1) is 11.3 Å². The number of hydrogen-bond acceptors (Lipinski definition) is 4. The van der Waals surface area contributed by atoms with E-state index in [9.17, 15) is 9.59 Å². The van der Waals surface area contributed by atoms with Gasteiger partial charge in [-0.05, 0) is 53.9 Å². The van der Waals surface area contributed by atoms with Crippen LogP contribution in [0.3, 0.4) is 0 Å². The van der Waals surface area contributed by atoms with Crippen LogP contribution in [0.2, 0.25) is 5.04 Å². The number of nitrogens with zero attached hydrogens (tertiary/aromatic N) is 1. The van der Waals surface area contributed by atoms with E-state index in [4.69, 9.17) is 9.16 Å². The van der Waals surface area contributed by atoms with Crippen LogP contribution in [-0.4, -0.2) is 43.5 Å². The van der Waals surface area contributed by atoms with Crippen LogP contribution >= 0.6 is 0 Å². The Labute approximate surface area is 224 Å². The first-order valence-corrected chi connectivity index (χ1v) is 15.3. The van der Waals surface area contributed by atoms with E-state index in [2.05, 4.69) is 90.1 Å². The van der Waals surface area contributed by atoms with Crippen molar-refractivity contribution < 1.29 is 18.8 Å². The highest BCUT2D eigenvalue weighted by atomic mass is 28.4. The fourth-order valence-electron chi connectivity index (χ4n) is 5.58. The van der Waals surface area contributed by atoms with Gasteiger partial charge in [-0.25, -0.2) is 9.69 Å². The van der Waals surface area contributed by atoms with Crippen LogP contribution in [0.1, 0.15) is 75.2 Å². The molecule has 2 atom stereocenters. The highest BCUT2D eigenvalue weighted by Crippen LogP contribution is 2.40. The number of imide groups is 1. The Bertz CT molecular complexity index is 1020. The lowest BCUT2D eigenvalue weighted by Gasteiger charge is -2.44. The quantitative estimate of drug-likeness (QED) is 0.426. The van der Waals surface area contributed by atoms with Crippen LogP contribution in [0.5, 0.6) is 0 Å². The molecule has 0 saturated carbocycles. The first-order chi connectivity index (χ1) is 17.1. The Hall–Kier alpha value is -2.44. The molecule has 5 nitrogen and oxygen atoms in total. The van der Waals surface area contributed by atoms with Gasteiger partial charge in [0.1, 0.15) is 5.60 Å². The molecule has 0 N–H and O–H groups in total. The summed E-state index contributed by atoms with van der Waals surface area (Å²) >= 11 is 0. The number of ether oxygens (including phenoxy) is 1. The van der Waals surface area contributed by atoms with Gasteiger partial charge in [0.05, 0.1) is 12.6 Å². The van der Waals surface area contributed by atoms with Gasteiger partial charge in [-0.3, -0.25) is 4.79 Å². The Morgan fingerprint density at radius 3 is 1.76 bits per heavy atom. The number of rotatable bonds is 6. The fraction of sp³-hybridized carbons (Fsp3) is 0.548. The standard InChI is InChI=1S/C31H45NO4Si/c1-29(2,3)21-23-20-27(33)32(28(34)36-30(4,5)6)26(23)22-35-37(31(7,8)9,24-16-12-10-13-17-24)25-18-14-11-15-19-25/h10-19,23,26H,20-22H2,1-9H3/t23-,26-/m0/s1. The van der Waals surface area contributed by atoms with Crippen molar-refractivity contribution in [3.63, 3.8) is 0 Å². The van der Waals surface area contributed by atoms with Crippen molar-refractivity contribution in [2.24, 2.45) is 11.3 Å². The molecule has 2 amide bonds. The molecule has 0 radical (unpaired) electrons. The Morgan fingerprint density at radius 1 is 0.865 bits per heavy atom. The Balaban J connectivity index is 2.08. The summed E-state index contributed by atoms with van der Waals surface area (Å²) in [4.78, 5) is 27.9. The van der Waals surface area contributed by atoms with Gasteiger partial charge in [-0.2, -0.15) is 0 Å². The Morgan fingerprint density at radius 2 is 1.35 bits per heavy atom. The maximum atomic E-state index is 13.3. The van der Waals surface area contributed by atoms with Crippen LogP contribution in [0.4, 0.5) is 4.79 Å². The molecule has 2 aromatic rings. The second-order valence-corrected chi connectivity index (χ2v) is 17.8. The van der Waals surface area contributed by atoms with Crippen molar-refractivity contribution in [1.82, 2.24) is 4.90 Å². The SMILES string of the molecule is CC(C)(C)C[C@@H]1CC(=O)N(C(=O)OC(C)(C)C)[C@H]1CO[Si](c1ccccc1)(c1ccccc1)C(C)(C)C. The van der Waals surface area contributed by atoms with Crippen LogP contribution in [-0.2, 0) is 14.0 Å². The maximum absolute atomic E-state index is 13.3. The predicted octanol–water partition coefficient (Wildman–Crippen LogP) is 6.15. The molecule has 0 aliphatic carbocycles. The zero-order valence-electron chi connectivity index (χ0n) is 24.1.